The largest absolute Gasteiger partial charge is 0.458 e. The van der Waals surface area contributed by atoms with Crippen LogP contribution in [-0.2, 0) is 23.9 Å². The predicted molar refractivity (Wildman–Crippen MR) is 155 cm³/mol. The van der Waals surface area contributed by atoms with Crippen molar-refractivity contribution in [3.05, 3.63) is 35.9 Å². The van der Waals surface area contributed by atoms with Gasteiger partial charge in [0.25, 0.3) is 0 Å². The van der Waals surface area contributed by atoms with Crippen molar-refractivity contribution in [2.24, 2.45) is 23.7 Å². The second-order valence-electron chi connectivity index (χ2n) is 11.8. The minimum Gasteiger partial charge on any atom is -0.458 e. The van der Waals surface area contributed by atoms with Crippen molar-refractivity contribution in [3.8, 4) is 11.5 Å². The molecule has 0 radical (unpaired) electrons. The first-order valence-corrected chi connectivity index (χ1v) is 15.6. The van der Waals surface area contributed by atoms with Crippen molar-refractivity contribution >= 4 is 23.9 Å². The maximum atomic E-state index is 13.0. The Hall–Kier alpha value is -3.37. The standard InChI is InChI=1S/C33H43F3O8/c1-4-6-22-8-12-24(13-9-22)30(38)43-26-16-17-28(44-31(39)25-14-10-23(7-5-2)11-15-25)27(20-26)32(40)42-19-18-41-29(37)21(3)33(34,35)36/h16-17,20,22-25H,3-15,18-19H2,1-2H3. The Kier molecular flexibility index (Phi) is 13.3. The minimum atomic E-state index is -4.95. The smallest absolute Gasteiger partial charge is 0.422 e. The van der Waals surface area contributed by atoms with Gasteiger partial charge in [-0.25, -0.2) is 9.59 Å². The van der Waals surface area contributed by atoms with Gasteiger partial charge in [0.15, 0.2) is 0 Å². The van der Waals surface area contributed by atoms with E-state index in [2.05, 4.69) is 25.2 Å². The number of hydrogen-bond donors (Lipinski definition) is 0. The van der Waals surface area contributed by atoms with Crippen molar-refractivity contribution in [1.82, 2.24) is 0 Å². The fourth-order valence-corrected chi connectivity index (χ4v) is 5.95. The number of esters is 4. The molecule has 0 aliphatic heterocycles. The van der Waals surface area contributed by atoms with Crippen LogP contribution in [0.4, 0.5) is 13.2 Å². The van der Waals surface area contributed by atoms with Crippen LogP contribution in [0.25, 0.3) is 0 Å². The molecule has 0 atom stereocenters. The molecule has 0 bridgehead atoms. The van der Waals surface area contributed by atoms with Crippen LogP contribution in [0.15, 0.2) is 30.4 Å². The molecule has 2 saturated carbocycles. The van der Waals surface area contributed by atoms with Gasteiger partial charge in [0, 0.05) is 0 Å². The maximum absolute atomic E-state index is 13.0. The topological polar surface area (TPSA) is 105 Å². The molecule has 0 aromatic heterocycles. The second kappa shape index (κ2) is 16.6. The SMILES string of the molecule is C=C(C(=O)OCCOC(=O)c1cc(OC(=O)C2CCC(CCC)CC2)ccc1OC(=O)C1CCC(CCC)CC1)C(F)(F)F. The summed E-state index contributed by atoms with van der Waals surface area (Å²) in [7, 11) is 0. The van der Waals surface area contributed by atoms with E-state index in [0.29, 0.717) is 37.5 Å². The third kappa shape index (κ3) is 10.4. The van der Waals surface area contributed by atoms with Crippen LogP contribution in [0.3, 0.4) is 0 Å². The first-order valence-electron chi connectivity index (χ1n) is 15.6. The number of halogens is 3. The van der Waals surface area contributed by atoms with Crippen molar-refractivity contribution in [1.29, 1.82) is 0 Å². The van der Waals surface area contributed by atoms with Crippen LogP contribution in [0.1, 0.15) is 101 Å². The fourth-order valence-electron chi connectivity index (χ4n) is 5.95. The van der Waals surface area contributed by atoms with E-state index in [0.717, 1.165) is 51.4 Å². The molecule has 0 N–H and O–H groups in total. The second-order valence-corrected chi connectivity index (χ2v) is 11.8. The Morgan fingerprint density at radius 3 is 1.77 bits per heavy atom. The van der Waals surface area contributed by atoms with Crippen LogP contribution in [-0.4, -0.2) is 43.3 Å². The lowest BCUT2D eigenvalue weighted by Gasteiger charge is -2.27. The molecule has 244 valence electrons. The van der Waals surface area contributed by atoms with Gasteiger partial charge < -0.3 is 18.9 Å². The molecule has 44 heavy (non-hydrogen) atoms. The number of hydrogen-bond acceptors (Lipinski definition) is 8. The van der Waals surface area contributed by atoms with Crippen LogP contribution >= 0.6 is 0 Å². The summed E-state index contributed by atoms with van der Waals surface area (Å²) < 4.78 is 58.7. The van der Waals surface area contributed by atoms with Crippen molar-refractivity contribution in [3.63, 3.8) is 0 Å². The molecular weight excluding hydrogens is 581 g/mol. The van der Waals surface area contributed by atoms with Gasteiger partial charge in [-0.05, 0) is 81.4 Å². The lowest BCUT2D eigenvalue weighted by molar-refractivity contribution is -0.151. The normalized spacial score (nSPS) is 22.0. The minimum absolute atomic E-state index is 0.0606. The lowest BCUT2D eigenvalue weighted by Crippen LogP contribution is -2.27. The molecule has 0 saturated heterocycles. The first kappa shape index (κ1) is 35.1. The van der Waals surface area contributed by atoms with Gasteiger partial charge in [-0.2, -0.15) is 13.2 Å². The molecular formula is C33H43F3O8. The molecule has 2 aliphatic rings. The van der Waals surface area contributed by atoms with Gasteiger partial charge in [-0.1, -0.05) is 46.1 Å². The number of carbonyl (C=O) groups excluding carboxylic acids is 4. The Balaban J connectivity index is 1.67. The lowest BCUT2D eigenvalue weighted by atomic mass is 9.80. The van der Waals surface area contributed by atoms with Crippen LogP contribution in [0.5, 0.6) is 11.5 Å². The summed E-state index contributed by atoms with van der Waals surface area (Å²) >= 11 is 0. The summed E-state index contributed by atoms with van der Waals surface area (Å²) in [5.41, 5.74) is -1.89. The van der Waals surface area contributed by atoms with Crippen LogP contribution in [0, 0.1) is 23.7 Å². The van der Waals surface area contributed by atoms with E-state index in [4.69, 9.17) is 14.2 Å². The maximum Gasteiger partial charge on any atom is 0.422 e. The Morgan fingerprint density at radius 1 is 0.773 bits per heavy atom. The zero-order chi connectivity index (χ0) is 32.3. The van der Waals surface area contributed by atoms with E-state index in [1.807, 2.05) is 0 Å². The molecule has 3 rings (SSSR count). The highest BCUT2D eigenvalue weighted by Crippen LogP contribution is 2.35. The zero-order valence-corrected chi connectivity index (χ0v) is 25.5. The Morgan fingerprint density at radius 2 is 1.27 bits per heavy atom. The predicted octanol–water partition coefficient (Wildman–Crippen LogP) is 7.53. The van der Waals surface area contributed by atoms with Crippen LogP contribution in [0.2, 0.25) is 0 Å². The molecule has 2 aliphatic carbocycles. The summed E-state index contributed by atoms with van der Waals surface area (Å²) in [4.78, 5) is 50.5. The van der Waals surface area contributed by atoms with E-state index in [1.165, 1.54) is 18.2 Å². The average Bonchev–Trinajstić information content (AvgIpc) is 3.00. The molecule has 8 nitrogen and oxygen atoms in total. The van der Waals surface area contributed by atoms with Gasteiger partial charge in [-0.15, -0.1) is 0 Å². The first-order chi connectivity index (χ1) is 20.9. The van der Waals surface area contributed by atoms with Crippen molar-refractivity contribution in [2.45, 2.75) is 97.1 Å². The molecule has 1 aromatic rings. The molecule has 2 fully saturated rings. The molecule has 0 heterocycles. The number of benzene rings is 1. The highest BCUT2D eigenvalue weighted by Gasteiger charge is 2.38. The summed E-state index contributed by atoms with van der Waals surface area (Å²) in [6.45, 7) is 5.69. The quantitative estimate of drug-likeness (QED) is 0.0960. The van der Waals surface area contributed by atoms with Crippen molar-refractivity contribution in [2.75, 3.05) is 13.2 Å². The summed E-state index contributed by atoms with van der Waals surface area (Å²) in [6.07, 6.45) is 5.97. The van der Waals surface area contributed by atoms with E-state index < -0.39 is 48.8 Å². The van der Waals surface area contributed by atoms with Gasteiger partial charge in [0.2, 0.25) is 0 Å². The number of rotatable bonds is 13. The highest BCUT2D eigenvalue weighted by molar-refractivity contribution is 5.94. The number of ether oxygens (including phenoxy) is 4. The van der Waals surface area contributed by atoms with Crippen LogP contribution < -0.4 is 9.47 Å². The summed E-state index contributed by atoms with van der Waals surface area (Å²) in [6, 6.07) is 4.02. The highest BCUT2D eigenvalue weighted by atomic mass is 19.4. The summed E-state index contributed by atoms with van der Waals surface area (Å²) in [5.74, 6) is -3.03. The van der Waals surface area contributed by atoms with Gasteiger partial charge in [0.1, 0.15) is 35.8 Å². The third-order valence-corrected chi connectivity index (χ3v) is 8.49. The molecule has 0 unspecified atom stereocenters. The van der Waals surface area contributed by atoms with E-state index in [-0.39, 0.29) is 28.9 Å². The monoisotopic (exact) mass is 624 g/mol. The average molecular weight is 625 g/mol. The fraction of sp³-hybridized carbons (Fsp3) is 0.636. The van der Waals surface area contributed by atoms with Gasteiger partial charge >= 0.3 is 30.1 Å². The van der Waals surface area contributed by atoms with E-state index in [1.54, 1.807) is 0 Å². The third-order valence-electron chi connectivity index (χ3n) is 8.49. The Bertz CT molecular complexity index is 1160. The van der Waals surface area contributed by atoms with Gasteiger partial charge in [0.05, 0.1) is 11.8 Å². The Labute approximate surface area is 256 Å². The van der Waals surface area contributed by atoms with Gasteiger partial charge in [-0.3, -0.25) is 9.59 Å². The molecule has 0 amide bonds. The zero-order valence-electron chi connectivity index (χ0n) is 25.5. The van der Waals surface area contributed by atoms with Crippen molar-refractivity contribution < 1.29 is 51.3 Å². The summed E-state index contributed by atoms with van der Waals surface area (Å²) in [5, 5.41) is 0. The molecule has 0 spiro atoms. The number of alkyl halides is 3. The molecule has 11 heteroatoms. The molecule has 1 aromatic carbocycles. The van der Waals surface area contributed by atoms with E-state index >= 15 is 0 Å². The number of carbonyl (C=O) groups is 4. The van der Waals surface area contributed by atoms with E-state index in [9.17, 15) is 32.3 Å².